The monoisotopic (exact) mass is 420 g/mol. The number of carbonyl (C=O) groups is 2. The van der Waals surface area contributed by atoms with Gasteiger partial charge in [-0.05, 0) is 47.9 Å². The summed E-state index contributed by atoms with van der Waals surface area (Å²) in [5.74, 6) is -0.818. The van der Waals surface area contributed by atoms with Gasteiger partial charge in [-0.25, -0.2) is 0 Å². The lowest BCUT2D eigenvalue weighted by Crippen LogP contribution is -2.49. The van der Waals surface area contributed by atoms with E-state index in [-0.39, 0.29) is 23.1 Å². The molecule has 3 N–H and O–H groups in total. The quantitative estimate of drug-likeness (QED) is 0.448. The Hall–Kier alpha value is -2.61. The summed E-state index contributed by atoms with van der Waals surface area (Å²) in [7, 11) is 0. The maximum absolute atomic E-state index is 12.1. The molecule has 0 saturated carbocycles. The number of fused-ring (bicyclic) bond motifs is 1. The van der Waals surface area contributed by atoms with E-state index in [1.165, 1.54) is 18.2 Å². The van der Waals surface area contributed by atoms with Crippen molar-refractivity contribution >= 4 is 63.2 Å². The number of carbonyl (C=O) groups excluding carboxylic acids is 2. The molecule has 0 aliphatic carbocycles. The van der Waals surface area contributed by atoms with Crippen LogP contribution < -0.4 is 16.2 Å². The van der Waals surface area contributed by atoms with Gasteiger partial charge in [0, 0.05) is 27.3 Å². The Bertz CT molecular complexity index is 1010. The third kappa shape index (κ3) is 4.97. The normalized spacial score (nSPS) is 10.4. The zero-order valence-electron chi connectivity index (χ0n) is 13.8. The third-order valence-corrected chi connectivity index (χ3v) is 4.30. The molecular weight excluding hydrogens is 407 g/mol. The first-order valence-corrected chi connectivity index (χ1v) is 8.99. The van der Waals surface area contributed by atoms with E-state index < -0.39 is 5.91 Å². The predicted octanol–water partition coefficient (Wildman–Crippen LogP) is 3.28. The van der Waals surface area contributed by atoms with E-state index >= 15 is 0 Å². The number of amides is 2. The van der Waals surface area contributed by atoms with Gasteiger partial charge >= 0.3 is 0 Å². The van der Waals surface area contributed by atoms with E-state index in [4.69, 9.17) is 35.4 Å². The molecule has 6 nitrogen and oxygen atoms in total. The summed E-state index contributed by atoms with van der Waals surface area (Å²) in [4.78, 5) is 24.2. The molecule has 0 fully saturated rings. The van der Waals surface area contributed by atoms with Crippen molar-refractivity contribution in [2.75, 3.05) is 0 Å². The minimum absolute atomic E-state index is 0.0539. The van der Waals surface area contributed by atoms with Gasteiger partial charge in [-0.1, -0.05) is 41.4 Å². The number of rotatable bonds is 3. The SMILES string of the molecule is O=C(Cn1ccc2ccccc21)NNC(=S)NC(=O)c1cc(Cl)cc(Cl)c1. The summed E-state index contributed by atoms with van der Waals surface area (Å²) < 4.78 is 1.81. The second-order valence-electron chi connectivity index (χ2n) is 5.62. The van der Waals surface area contributed by atoms with E-state index in [1.807, 2.05) is 41.1 Å². The maximum Gasteiger partial charge on any atom is 0.258 e. The van der Waals surface area contributed by atoms with Crippen LogP contribution in [0, 0.1) is 0 Å². The highest BCUT2D eigenvalue weighted by atomic mass is 35.5. The highest BCUT2D eigenvalue weighted by Gasteiger charge is 2.11. The van der Waals surface area contributed by atoms with Crippen LogP contribution in [0.25, 0.3) is 10.9 Å². The van der Waals surface area contributed by atoms with Crippen LogP contribution in [0.5, 0.6) is 0 Å². The summed E-state index contributed by atoms with van der Waals surface area (Å²) in [5.41, 5.74) is 6.14. The van der Waals surface area contributed by atoms with E-state index in [1.54, 1.807) is 0 Å². The molecule has 0 radical (unpaired) electrons. The summed E-state index contributed by atoms with van der Waals surface area (Å²) >= 11 is 16.7. The van der Waals surface area contributed by atoms with E-state index in [0.717, 1.165) is 10.9 Å². The molecule has 0 unspecified atom stereocenters. The van der Waals surface area contributed by atoms with Gasteiger partial charge in [0.25, 0.3) is 11.8 Å². The third-order valence-electron chi connectivity index (χ3n) is 3.66. The van der Waals surface area contributed by atoms with E-state index in [2.05, 4.69) is 16.2 Å². The number of hydrazine groups is 1. The molecule has 27 heavy (non-hydrogen) atoms. The van der Waals surface area contributed by atoms with Crippen LogP contribution >= 0.6 is 35.4 Å². The molecule has 0 aliphatic rings. The Labute approximate surface area is 170 Å². The average molecular weight is 421 g/mol. The first kappa shape index (κ1) is 19.2. The van der Waals surface area contributed by atoms with Crippen molar-refractivity contribution in [2.45, 2.75) is 6.54 Å². The van der Waals surface area contributed by atoms with Gasteiger partial charge in [0.15, 0.2) is 5.11 Å². The number of halogens is 2. The molecule has 0 bridgehead atoms. The van der Waals surface area contributed by atoms with Crippen LogP contribution in [0.3, 0.4) is 0 Å². The highest BCUT2D eigenvalue weighted by molar-refractivity contribution is 7.80. The van der Waals surface area contributed by atoms with Crippen LogP contribution in [-0.2, 0) is 11.3 Å². The van der Waals surface area contributed by atoms with Crippen LogP contribution in [0.2, 0.25) is 10.0 Å². The fourth-order valence-electron chi connectivity index (χ4n) is 2.49. The van der Waals surface area contributed by atoms with Crippen molar-refractivity contribution in [3.05, 3.63) is 70.3 Å². The van der Waals surface area contributed by atoms with E-state index in [9.17, 15) is 9.59 Å². The van der Waals surface area contributed by atoms with Gasteiger partial charge in [0.1, 0.15) is 6.54 Å². The van der Waals surface area contributed by atoms with Crippen molar-refractivity contribution in [3.8, 4) is 0 Å². The summed E-state index contributed by atoms with van der Waals surface area (Å²) in [5, 5.41) is 4.09. The molecule has 1 heterocycles. The second kappa shape index (κ2) is 8.39. The summed E-state index contributed by atoms with van der Waals surface area (Å²) in [6.45, 7) is 0.0982. The molecule has 1 aromatic heterocycles. The molecule has 2 amide bonds. The molecule has 0 saturated heterocycles. The number of aromatic nitrogens is 1. The largest absolute Gasteiger partial charge is 0.338 e. The Morgan fingerprint density at radius 2 is 1.70 bits per heavy atom. The average Bonchev–Trinajstić information content (AvgIpc) is 3.02. The molecule has 2 aromatic carbocycles. The van der Waals surface area contributed by atoms with Crippen LogP contribution in [0.1, 0.15) is 10.4 Å². The van der Waals surface area contributed by atoms with Crippen LogP contribution in [-0.4, -0.2) is 21.5 Å². The van der Waals surface area contributed by atoms with Gasteiger partial charge < -0.3 is 4.57 Å². The molecule has 9 heteroatoms. The lowest BCUT2D eigenvalue weighted by atomic mass is 10.2. The van der Waals surface area contributed by atoms with Crippen LogP contribution in [0.4, 0.5) is 0 Å². The molecule has 0 spiro atoms. The van der Waals surface area contributed by atoms with Crippen molar-refractivity contribution in [3.63, 3.8) is 0 Å². The summed E-state index contributed by atoms with van der Waals surface area (Å²) in [6.07, 6.45) is 1.83. The molecule has 3 aromatic rings. The van der Waals surface area contributed by atoms with Crippen molar-refractivity contribution in [2.24, 2.45) is 0 Å². The zero-order chi connectivity index (χ0) is 19.4. The number of hydrogen-bond acceptors (Lipinski definition) is 3. The number of nitrogens with zero attached hydrogens (tertiary/aromatic N) is 1. The second-order valence-corrected chi connectivity index (χ2v) is 6.90. The number of benzene rings is 2. The molecule has 138 valence electrons. The van der Waals surface area contributed by atoms with Crippen molar-refractivity contribution in [1.82, 2.24) is 20.7 Å². The topological polar surface area (TPSA) is 75.2 Å². The minimum Gasteiger partial charge on any atom is -0.338 e. The lowest BCUT2D eigenvalue weighted by molar-refractivity contribution is -0.122. The molecule has 3 rings (SSSR count). The fourth-order valence-corrected chi connectivity index (χ4v) is 3.16. The Kier molecular flexibility index (Phi) is 5.95. The Morgan fingerprint density at radius 1 is 1.00 bits per heavy atom. The van der Waals surface area contributed by atoms with Gasteiger partial charge in [-0.2, -0.15) is 0 Å². The molecular formula is C18H14Cl2N4O2S. The van der Waals surface area contributed by atoms with Gasteiger partial charge in [0.2, 0.25) is 0 Å². The smallest absolute Gasteiger partial charge is 0.258 e. The van der Waals surface area contributed by atoms with Crippen molar-refractivity contribution < 1.29 is 9.59 Å². The standard InChI is InChI=1S/C18H14Cl2N4O2S/c19-13-7-12(8-14(20)9-13)17(26)21-18(27)23-22-16(25)10-24-6-5-11-3-1-2-4-15(11)24/h1-9H,10H2,(H,22,25)(H2,21,23,26,27). The van der Waals surface area contributed by atoms with Crippen molar-refractivity contribution in [1.29, 1.82) is 0 Å². The van der Waals surface area contributed by atoms with E-state index in [0.29, 0.717) is 10.0 Å². The minimum atomic E-state index is -0.498. The first-order valence-electron chi connectivity index (χ1n) is 7.82. The van der Waals surface area contributed by atoms with Gasteiger partial charge in [-0.3, -0.25) is 25.8 Å². The molecule has 0 atom stereocenters. The summed E-state index contributed by atoms with van der Waals surface area (Å²) in [6, 6.07) is 14.1. The highest BCUT2D eigenvalue weighted by Crippen LogP contribution is 2.19. The predicted molar refractivity (Wildman–Crippen MR) is 110 cm³/mol. The Balaban J connectivity index is 1.52. The number of thiocarbonyl (C=S) groups is 1. The number of nitrogens with one attached hydrogen (secondary N) is 3. The van der Waals surface area contributed by atoms with Gasteiger partial charge in [-0.15, -0.1) is 0 Å². The number of hydrogen-bond donors (Lipinski definition) is 3. The fraction of sp³-hybridized carbons (Fsp3) is 0.0556. The maximum atomic E-state index is 12.1. The van der Waals surface area contributed by atoms with Crippen LogP contribution in [0.15, 0.2) is 54.7 Å². The Morgan fingerprint density at radius 3 is 2.44 bits per heavy atom. The zero-order valence-corrected chi connectivity index (χ0v) is 16.2. The number of para-hydroxylation sites is 1. The lowest BCUT2D eigenvalue weighted by Gasteiger charge is -2.12. The molecule has 0 aliphatic heterocycles. The first-order chi connectivity index (χ1) is 12.9. The van der Waals surface area contributed by atoms with Gasteiger partial charge in [0.05, 0.1) is 0 Å².